The van der Waals surface area contributed by atoms with Crippen LogP contribution in [-0.2, 0) is 20.1 Å². The number of benzene rings is 7. The predicted molar refractivity (Wildman–Crippen MR) is 268 cm³/mol. The van der Waals surface area contributed by atoms with E-state index in [-0.39, 0.29) is 20.1 Å². The van der Waals surface area contributed by atoms with Gasteiger partial charge in [0.05, 0.1) is 42.1 Å². The van der Waals surface area contributed by atoms with Crippen LogP contribution in [-0.4, -0.2) is 22.6 Å². The summed E-state index contributed by atoms with van der Waals surface area (Å²) in [6, 6.07) is 62.9. The first kappa shape index (κ1) is 44.9. The zero-order valence-electron chi connectivity index (χ0n) is 37.8. The molecule has 7 aromatic carbocycles. The molecule has 0 amide bonds. The summed E-state index contributed by atoms with van der Waals surface area (Å²) in [5.74, 6) is 1.45. The van der Waals surface area contributed by atoms with Crippen molar-refractivity contribution in [1.29, 1.82) is 5.26 Å². The largest absolute Gasteiger partial charge is 0.501 e. The summed E-state index contributed by atoms with van der Waals surface area (Å²) in [7, 11) is -1.60. The average molecular weight is 1040 g/mol. The molecule has 10 aromatic rings. The Hall–Kier alpha value is -6.68. The third kappa shape index (κ3) is 8.78. The fourth-order valence-corrected chi connectivity index (χ4v) is 10.2. The van der Waals surface area contributed by atoms with Gasteiger partial charge in [-0.25, -0.2) is 0 Å². The standard InChI is InChI=1S/C37H31N2O.C21H19N2Si.Ir/c1-23(2)30-21-26(25-13-6-5-7-14-25)22-31(24(3)4)35(30)39-33-19-10-9-18-32(33)38-37(39)29-17-12-16-28-27-15-8-11-20-34(27)40-36(28)29;1-24(2,3)21-15-23-20(16-9-5-4-6-10-16)13-19(21)18-12-8-7-11-17(18)14-22;/h5-16,18-24H,1-4H3;4-9,11-13,15H,1-3H3;/q2*-1;. The van der Waals surface area contributed by atoms with Gasteiger partial charge in [0.1, 0.15) is 5.58 Å². The van der Waals surface area contributed by atoms with E-state index in [0.29, 0.717) is 17.4 Å². The normalized spacial score (nSPS) is 11.4. The summed E-state index contributed by atoms with van der Waals surface area (Å²) in [5.41, 5.74) is 15.5. The molecular weight excluding hydrogens is 989 g/mol. The topological polar surface area (TPSA) is 67.6 Å². The number of rotatable bonds is 8. The van der Waals surface area contributed by atoms with Crippen molar-refractivity contribution >= 4 is 46.2 Å². The molecule has 0 spiro atoms. The second-order valence-corrected chi connectivity index (χ2v) is 23.0. The van der Waals surface area contributed by atoms with E-state index in [9.17, 15) is 5.26 Å². The summed E-state index contributed by atoms with van der Waals surface area (Å²) in [4.78, 5) is 9.91. The number of furan rings is 1. The van der Waals surface area contributed by atoms with Crippen LogP contribution in [0.1, 0.15) is 56.2 Å². The Labute approximate surface area is 396 Å². The number of hydrogen-bond acceptors (Lipinski definition) is 4. The van der Waals surface area contributed by atoms with Gasteiger partial charge in [-0.05, 0) is 92.5 Å². The zero-order valence-corrected chi connectivity index (χ0v) is 41.2. The minimum absolute atomic E-state index is 0. The van der Waals surface area contributed by atoms with E-state index >= 15 is 0 Å². The predicted octanol–water partition coefficient (Wildman–Crippen LogP) is 14.9. The number of nitrogens with zero attached hydrogens (tertiary/aromatic N) is 4. The van der Waals surface area contributed by atoms with E-state index in [2.05, 4.69) is 166 Å². The molecule has 0 aliphatic rings. The number of nitriles is 1. The van der Waals surface area contributed by atoms with Gasteiger partial charge in [-0.3, -0.25) is 4.98 Å². The maximum Gasteiger partial charge on any atom is 0.120 e. The molecule has 0 unspecified atom stereocenters. The van der Waals surface area contributed by atoms with Gasteiger partial charge in [0.2, 0.25) is 0 Å². The fraction of sp³-hybridized carbons (Fsp3) is 0.155. The third-order valence-electron chi connectivity index (χ3n) is 11.9. The van der Waals surface area contributed by atoms with Gasteiger partial charge in [0.25, 0.3) is 0 Å². The van der Waals surface area contributed by atoms with Crippen molar-refractivity contribution in [2.24, 2.45) is 0 Å². The molecule has 3 aromatic heterocycles. The molecule has 0 fully saturated rings. The van der Waals surface area contributed by atoms with Crippen molar-refractivity contribution in [1.82, 2.24) is 14.5 Å². The molecule has 0 aliphatic carbocycles. The summed E-state index contributed by atoms with van der Waals surface area (Å²) < 4.78 is 8.83. The van der Waals surface area contributed by atoms with E-state index in [1.54, 1.807) is 0 Å². The summed E-state index contributed by atoms with van der Waals surface area (Å²) in [5, 5.41) is 13.0. The van der Waals surface area contributed by atoms with Crippen LogP contribution in [0.2, 0.25) is 19.6 Å². The number of fused-ring (bicyclic) bond motifs is 4. The zero-order chi connectivity index (χ0) is 44.5. The minimum atomic E-state index is -1.60. The van der Waals surface area contributed by atoms with E-state index in [4.69, 9.17) is 9.40 Å². The van der Waals surface area contributed by atoms with Gasteiger partial charge < -0.3 is 14.0 Å². The maximum absolute atomic E-state index is 9.50. The Morgan fingerprint density at radius 1 is 0.662 bits per heavy atom. The first-order valence-corrected chi connectivity index (χ1v) is 25.5. The van der Waals surface area contributed by atoms with Crippen LogP contribution < -0.4 is 5.19 Å². The smallest absolute Gasteiger partial charge is 0.120 e. The second-order valence-electron chi connectivity index (χ2n) is 17.9. The van der Waals surface area contributed by atoms with E-state index in [0.717, 1.165) is 66.7 Å². The summed E-state index contributed by atoms with van der Waals surface area (Å²) in [6.07, 6.45) is 1.99. The number of hydrogen-bond donors (Lipinski definition) is 0. The number of pyridine rings is 1. The van der Waals surface area contributed by atoms with Gasteiger partial charge >= 0.3 is 0 Å². The molecule has 0 aliphatic heterocycles. The van der Waals surface area contributed by atoms with Gasteiger partial charge in [0, 0.05) is 37.4 Å². The molecule has 0 saturated heterocycles. The van der Waals surface area contributed by atoms with Crippen molar-refractivity contribution in [2.75, 3.05) is 0 Å². The number of imidazole rings is 1. The van der Waals surface area contributed by atoms with Crippen LogP contribution in [0.15, 0.2) is 168 Å². The molecule has 0 saturated carbocycles. The number of aromatic nitrogens is 3. The molecule has 7 heteroatoms. The van der Waals surface area contributed by atoms with E-state index in [1.807, 2.05) is 72.9 Å². The molecule has 323 valence electrons. The first-order chi connectivity index (χ1) is 31.0. The van der Waals surface area contributed by atoms with Gasteiger partial charge in [-0.1, -0.05) is 143 Å². The molecule has 1 radical (unpaired) electrons. The van der Waals surface area contributed by atoms with Crippen LogP contribution in [0.5, 0.6) is 0 Å². The molecule has 65 heavy (non-hydrogen) atoms. The van der Waals surface area contributed by atoms with Crippen molar-refractivity contribution < 1.29 is 24.5 Å². The van der Waals surface area contributed by atoms with Crippen LogP contribution in [0, 0.1) is 23.5 Å². The fourth-order valence-electron chi connectivity index (χ4n) is 8.68. The van der Waals surface area contributed by atoms with Gasteiger partial charge in [-0.15, -0.1) is 54.1 Å². The molecule has 0 bridgehead atoms. The second kappa shape index (κ2) is 18.8. The molecule has 3 heterocycles. The Morgan fingerprint density at radius 2 is 1.34 bits per heavy atom. The Bertz CT molecular complexity index is 3310. The van der Waals surface area contributed by atoms with Crippen LogP contribution >= 0.6 is 0 Å². The third-order valence-corrected chi connectivity index (χ3v) is 13.9. The summed E-state index contributed by atoms with van der Waals surface area (Å²) in [6.45, 7) is 16.0. The SMILES string of the molecule is CC(C)c1cc(-c2ccccc2)cc(C(C)C)c1-n1c(-c2[c-]ccc3c2oc2ccccc23)nc2ccccc21.C[Si](C)(C)c1cnc(-c2[c-]cccc2)cc1-c1ccccc1C#N.[Ir]. The first-order valence-electron chi connectivity index (χ1n) is 22.0. The van der Waals surface area contributed by atoms with Gasteiger partial charge in [0.15, 0.2) is 0 Å². The van der Waals surface area contributed by atoms with Crippen molar-refractivity contribution in [2.45, 2.75) is 59.2 Å². The average Bonchev–Trinajstić information content (AvgIpc) is 3.90. The molecular formula is C58H50IrN4OSi-2. The molecule has 0 atom stereocenters. The Kier molecular flexibility index (Phi) is 13.0. The Morgan fingerprint density at radius 3 is 2.05 bits per heavy atom. The number of para-hydroxylation sites is 3. The maximum atomic E-state index is 9.50. The van der Waals surface area contributed by atoms with E-state index < -0.39 is 8.07 Å². The molecule has 5 nitrogen and oxygen atoms in total. The van der Waals surface area contributed by atoms with Crippen LogP contribution in [0.4, 0.5) is 0 Å². The minimum Gasteiger partial charge on any atom is -0.501 e. The van der Waals surface area contributed by atoms with Gasteiger partial charge in [-0.2, -0.15) is 5.26 Å². The summed E-state index contributed by atoms with van der Waals surface area (Å²) >= 11 is 0. The van der Waals surface area contributed by atoms with Crippen LogP contribution in [0.3, 0.4) is 0 Å². The molecule has 10 rings (SSSR count). The molecule has 0 N–H and O–H groups in total. The van der Waals surface area contributed by atoms with Crippen molar-refractivity contribution in [3.05, 3.63) is 193 Å². The van der Waals surface area contributed by atoms with Crippen molar-refractivity contribution in [3.63, 3.8) is 0 Å². The monoisotopic (exact) mass is 1040 g/mol. The Balaban J connectivity index is 0.000000198. The van der Waals surface area contributed by atoms with Crippen LogP contribution in [0.25, 0.3) is 83.6 Å². The van der Waals surface area contributed by atoms with E-state index in [1.165, 1.54) is 33.1 Å². The van der Waals surface area contributed by atoms with Crippen molar-refractivity contribution in [3.8, 4) is 56.7 Å². The quantitative estimate of drug-likeness (QED) is 0.112.